The fourth-order valence-corrected chi connectivity index (χ4v) is 9.42. The summed E-state index contributed by atoms with van der Waals surface area (Å²) >= 11 is 0. The van der Waals surface area contributed by atoms with E-state index in [9.17, 15) is 4.79 Å². The van der Waals surface area contributed by atoms with Gasteiger partial charge in [-0.3, -0.25) is 4.79 Å². The van der Waals surface area contributed by atoms with Crippen LogP contribution in [0.3, 0.4) is 0 Å². The topological polar surface area (TPSA) is 36.2 Å². The Kier molecular flexibility index (Phi) is 20.0. The maximum Gasteiger partial charge on any atom is 0.197 e. The first-order chi connectivity index (χ1) is 33.6. The number of hydrogen-bond donors (Lipinski definition) is 0. The summed E-state index contributed by atoms with van der Waals surface area (Å²) in [6.07, 6.45) is 28.4. The molecule has 2 heterocycles. The molecule has 0 atom stereocenters. The number of aromatic nitrogens is 2. The third-order valence-corrected chi connectivity index (χ3v) is 12.5. The molecule has 0 bridgehead atoms. The van der Waals surface area contributed by atoms with E-state index >= 15 is 0 Å². The molecule has 0 unspecified atom stereocenters. The lowest BCUT2D eigenvalue weighted by molar-refractivity contribution is 0.103. The van der Waals surface area contributed by atoms with Crippen LogP contribution in [0.4, 0.5) is 0 Å². The van der Waals surface area contributed by atoms with E-state index in [1.165, 1.54) is 66.5 Å². The van der Waals surface area contributed by atoms with Gasteiger partial charge in [0.2, 0.25) is 0 Å². The molecule has 0 radical (unpaired) electrons. The number of carbonyl (C=O) groups is 1. The molecular weight excluding hydrogens is 841 g/mol. The fourth-order valence-electron chi connectivity index (χ4n) is 9.42. The fraction of sp³-hybridized carbons (Fsp3) is 0.277. The Morgan fingerprint density at radius 1 is 0.855 bits per heavy atom. The number of carbonyl (C=O) groups excluding carboxylic acids is 1. The van der Waals surface area contributed by atoms with Gasteiger partial charge < -0.3 is 13.9 Å². The first-order valence-electron chi connectivity index (χ1n) is 25.2. The van der Waals surface area contributed by atoms with Crippen LogP contribution in [0.15, 0.2) is 151 Å². The molecule has 2 aromatic heterocycles. The molecule has 4 heteroatoms. The van der Waals surface area contributed by atoms with E-state index < -0.39 is 0 Å². The van der Waals surface area contributed by atoms with Crippen molar-refractivity contribution >= 4 is 52.1 Å². The predicted octanol–water partition coefficient (Wildman–Crippen LogP) is 16.2. The molecule has 0 N–H and O–H groups in total. The van der Waals surface area contributed by atoms with Crippen LogP contribution >= 0.6 is 0 Å². The molecule has 0 saturated carbocycles. The van der Waals surface area contributed by atoms with Crippen LogP contribution in [0.1, 0.15) is 144 Å². The highest BCUT2D eigenvalue weighted by Crippen LogP contribution is 2.37. The summed E-state index contributed by atoms with van der Waals surface area (Å²) in [7, 11) is 1.63. The van der Waals surface area contributed by atoms with E-state index in [0.29, 0.717) is 23.3 Å². The van der Waals surface area contributed by atoms with Crippen molar-refractivity contribution in [2.75, 3.05) is 7.11 Å². The van der Waals surface area contributed by atoms with Gasteiger partial charge in [0.25, 0.3) is 0 Å². The average molecular weight is 917 g/mol. The Labute approximate surface area is 414 Å². The van der Waals surface area contributed by atoms with Gasteiger partial charge >= 0.3 is 0 Å². The van der Waals surface area contributed by atoms with Gasteiger partial charge in [-0.15, -0.1) is 6.58 Å². The van der Waals surface area contributed by atoms with Crippen molar-refractivity contribution in [1.82, 2.24) is 9.13 Å². The third kappa shape index (κ3) is 12.2. The summed E-state index contributed by atoms with van der Waals surface area (Å²) in [5, 5.41) is 3.59. The Morgan fingerprint density at radius 3 is 2.26 bits per heavy atom. The normalized spacial score (nSPS) is 13.4. The minimum atomic E-state index is -0.0656. The lowest BCUT2D eigenvalue weighted by Gasteiger charge is -2.14. The second-order valence-electron chi connectivity index (χ2n) is 17.0. The molecule has 6 aromatic rings. The number of nitrogens with zero attached hydrogens (tertiary/aromatic N) is 2. The lowest BCUT2D eigenvalue weighted by Crippen LogP contribution is -2.28. The predicted molar refractivity (Wildman–Crippen MR) is 302 cm³/mol. The van der Waals surface area contributed by atoms with E-state index in [4.69, 9.17) is 4.74 Å². The quantitative estimate of drug-likeness (QED) is 0.0551. The number of benzene rings is 4. The molecule has 1 aliphatic carbocycles. The number of hydrogen-bond acceptors (Lipinski definition) is 2. The Morgan fingerprint density at radius 2 is 1.58 bits per heavy atom. The highest BCUT2D eigenvalue weighted by Gasteiger charge is 2.24. The number of allylic oxidation sites excluding steroid dienone is 11. The maximum atomic E-state index is 14.5. The van der Waals surface area contributed by atoms with Crippen molar-refractivity contribution in [1.29, 1.82) is 0 Å². The smallest absolute Gasteiger partial charge is 0.197 e. The highest BCUT2D eigenvalue weighted by molar-refractivity contribution is 6.13. The van der Waals surface area contributed by atoms with Crippen LogP contribution in [0.5, 0.6) is 5.75 Å². The van der Waals surface area contributed by atoms with Crippen LogP contribution in [0.2, 0.25) is 0 Å². The summed E-state index contributed by atoms with van der Waals surface area (Å²) in [5.41, 5.74) is 17.2. The molecule has 1 aliphatic rings. The molecule has 0 amide bonds. The summed E-state index contributed by atoms with van der Waals surface area (Å²) in [4.78, 5) is 14.5. The van der Waals surface area contributed by atoms with Gasteiger partial charge in [0.15, 0.2) is 5.78 Å². The van der Waals surface area contributed by atoms with Crippen LogP contribution in [0, 0.1) is 6.92 Å². The van der Waals surface area contributed by atoms with Crippen molar-refractivity contribution in [3.63, 3.8) is 0 Å². The van der Waals surface area contributed by atoms with Crippen LogP contribution < -0.4 is 15.3 Å². The number of methoxy groups -OCH3 is 1. The van der Waals surface area contributed by atoms with E-state index in [1.54, 1.807) is 7.11 Å². The highest BCUT2D eigenvalue weighted by atomic mass is 16.5. The minimum Gasteiger partial charge on any atom is -0.496 e. The average Bonchev–Trinajstić information content (AvgIpc) is 3.80. The van der Waals surface area contributed by atoms with Crippen molar-refractivity contribution in [3.8, 4) is 11.4 Å². The summed E-state index contributed by atoms with van der Waals surface area (Å²) in [5.74, 6) is 0.495. The van der Waals surface area contributed by atoms with Crippen LogP contribution in [-0.2, 0) is 19.4 Å². The molecule has 0 spiro atoms. The maximum absolute atomic E-state index is 14.5. The molecule has 69 heavy (non-hydrogen) atoms. The molecule has 7 rings (SSSR count). The van der Waals surface area contributed by atoms with Gasteiger partial charge in [0.05, 0.1) is 23.5 Å². The number of rotatable bonds is 16. The molecule has 0 fully saturated rings. The molecule has 0 aliphatic heterocycles. The Hall–Kier alpha value is -6.91. The third-order valence-electron chi connectivity index (χ3n) is 12.5. The molecule has 0 saturated heterocycles. The zero-order valence-electron chi connectivity index (χ0n) is 43.7. The number of ketones is 1. The van der Waals surface area contributed by atoms with E-state index in [0.717, 1.165) is 54.4 Å². The zero-order valence-corrected chi connectivity index (χ0v) is 43.7. The lowest BCUT2D eigenvalue weighted by atomic mass is 9.93. The van der Waals surface area contributed by atoms with Gasteiger partial charge in [-0.05, 0) is 118 Å². The SMILES string of the molecule is C=CC/C=C\C=C(/C)Cn1c(CC)c(/C=C(\CC)c2ccc(C(=O)c3c(/C=C/CC=c4/c(=C\C)c5ccccc5n4-c4cccc(C)c4)cccc3OC)cc2)c2c1CC=C(C)C=C2C.CC.CC. The second-order valence-corrected chi connectivity index (χ2v) is 17.0. The standard InChI is InChI=1S/C61H64N2O2.2C2H6/c1-10-14-15-16-23-44(7)41-62-54(13-4)53(59-45(8)38-43(6)32-37-57(59)62)40-46(11-2)47-33-35-49(36-34-47)61(64)60-48(26-22-31-58(60)65-9)25-17-19-29-55-51(12-3)52-28-18-20-30-56(52)63(55)50-27-21-24-42(5)39-50;2*1-2/h10,12,15-18,20-36,38-40H,1,11,13-14,19,37,41H2,2-9H3;2*1-2H3/b16-15-,25-17+,44-23+,46-40+,51-12-,55-29?;;. The largest absolute Gasteiger partial charge is 0.496 e. The summed E-state index contributed by atoms with van der Waals surface area (Å²) in [6.45, 7) is 28.1. The van der Waals surface area contributed by atoms with Gasteiger partial charge in [0.1, 0.15) is 5.75 Å². The van der Waals surface area contributed by atoms with Crippen molar-refractivity contribution in [3.05, 3.63) is 212 Å². The summed E-state index contributed by atoms with van der Waals surface area (Å²) < 4.78 is 10.7. The first-order valence-corrected chi connectivity index (χ1v) is 25.2. The number of para-hydroxylation sites is 1. The van der Waals surface area contributed by atoms with E-state index in [-0.39, 0.29) is 5.78 Å². The Balaban J connectivity index is 0.00000216. The molecular formula is C65H76N2O2. The van der Waals surface area contributed by atoms with E-state index in [1.807, 2.05) is 64.1 Å². The van der Waals surface area contributed by atoms with Crippen LogP contribution in [0.25, 0.3) is 52.0 Å². The Bertz CT molecular complexity index is 3060. The number of aryl methyl sites for hydroxylation is 1. The van der Waals surface area contributed by atoms with Crippen molar-refractivity contribution in [2.24, 2.45) is 0 Å². The van der Waals surface area contributed by atoms with Gasteiger partial charge in [-0.2, -0.15) is 0 Å². The minimum absolute atomic E-state index is 0.0656. The van der Waals surface area contributed by atoms with E-state index in [2.05, 4.69) is 186 Å². The summed E-state index contributed by atoms with van der Waals surface area (Å²) in [6, 6.07) is 31.2. The first kappa shape index (κ1) is 53.1. The number of ether oxygens (including phenoxy) is 1. The molecule has 4 aromatic carbocycles. The van der Waals surface area contributed by atoms with Crippen LogP contribution in [-0.4, -0.2) is 22.0 Å². The molecule has 4 nitrogen and oxygen atoms in total. The van der Waals surface area contributed by atoms with Crippen molar-refractivity contribution < 1.29 is 9.53 Å². The zero-order chi connectivity index (χ0) is 50.0. The second kappa shape index (κ2) is 26.0. The van der Waals surface area contributed by atoms with Gasteiger partial charge in [0, 0.05) is 57.3 Å². The van der Waals surface area contributed by atoms with Gasteiger partial charge in [-0.1, -0.05) is 180 Å². The van der Waals surface area contributed by atoms with Gasteiger partial charge in [-0.25, -0.2) is 0 Å². The number of fused-ring (bicyclic) bond motifs is 2. The van der Waals surface area contributed by atoms with Crippen molar-refractivity contribution in [2.45, 2.75) is 115 Å². The molecule has 358 valence electrons. The monoisotopic (exact) mass is 917 g/mol.